The molecule has 2 aromatic carbocycles. The number of aliphatic hydroxyl groups is 1. The fraction of sp³-hybridized carbons (Fsp3) is 0.222. The van der Waals surface area contributed by atoms with Crippen LogP contribution in [0.25, 0.3) is 16.6 Å². The largest absolute Gasteiger partial charge is 0.396 e. The number of halogens is 1. The maximum Gasteiger partial charge on any atom is 0.354 e. The monoisotopic (exact) mass is 343 g/mol. The fourth-order valence-electron chi connectivity index (χ4n) is 2.77. The van der Waals surface area contributed by atoms with E-state index < -0.39 is 0 Å². The molecule has 0 bridgehead atoms. The highest BCUT2D eigenvalue weighted by Crippen LogP contribution is 2.25. The first-order chi connectivity index (χ1) is 11.6. The molecular formula is C18H18ClN3O2. The van der Waals surface area contributed by atoms with Gasteiger partial charge in [0.15, 0.2) is 0 Å². The van der Waals surface area contributed by atoms with Crippen molar-refractivity contribution in [1.29, 1.82) is 0 Å². The van der Waals surface area contributed by atoms with Crippen molar-refractivity contribution in [1.82, 2.24) is 9.55 Å². The van der Waals surface area contributed by atoms with Crippen LogP contribution in [0.1, 0.15) is 12.0 Å². The van der Waals surface area contributed by atoms with Gasteiger partial charge in [-0.05, 0) is 48.7 Å². The van der Waals surface area contributed by atoms with Gasteiger partial charge in [0.05, 0.1) is 11.2 Å². The van der Waals surface area contributed by atoms with Crippen molar-refractivity contribution in [3.05, 3.63) is 63.5 Å². The van der Waals surface area contributed by atoms with Crippen LogP contribution in [0.3, 0.4) is 0 Å². The van der Waals surface area contributed by atoms with E-state index in [1.54, 1.807) is 23.7 Å². The number of nitrogens with one attached hydrogen (secondary N) is 1. The summed E-state index contributed by atoms with van der Waals surface area (Å²) in [6, 6.07) is 13.1. The number of hydrogen-bond donors (Lipinski definition) is 2. The molecule has 0 aliphatic rings. The molecule has 0 aliphatic carbocycles. The van der Waals surface area contributed by atoms with Crippen molar-refractivity contribution in [2.45, 2.75) is 12.8 Å². The van der Waals surface area contributed by atoms with Gasteiger partial charge < -0.3 is 10.4 Å². The topological polar surface area (TPSA) is 67.2 Å². The molecule has 1 heterocycles. The number of fused-ring (bicyclic) bond motifs is 1. The first kappa shape index (κ1) is 16.5. The van der Waals surface area contributed by atoms with E-state index >= 15 is 0 Å². The summed E-state index contributed by atoms with van der Waals surface area (Å²) in [5, 5.41) is 13.3. The van der Waals surface area contributed by atoms with Gasteiger partial charge in [0.1, 0.15) is 5.82 Å². The number of aliphatic hydroxyl groups excluding tert-OH is 1. The van der Waals surface area contributed by atoms with E-state index in [9.17, 15) is 4.79 Å². The van der Waals surface area contributed by atoms with Gasteiger partial charge in [-0.3, -0.25) is 4.57 Å². The first-order valence-corrected chi connectivity index (χ1v) is 8.12. The zero-order chi connectivity index (χ0) is 17.1. The van der Waals surface area contributed by atoms with Crippen LogP contribution in [0, 0.1) is 0 Å². The number of benzene rings is 2. The Morgan fingerprint density at radius 2 is 2.08 bits per heavy atom. The smallest absolute Gasteiger partial charge is 0.354 e. The third kappa shape index (κ3) is 3.13. The number of rotatable bonds is 5. The molecule has 5 nitrogen and oxygen atoms in total. The summed E-state index contributed by atoms with van der Waals surface area (Å²) in [6.07, 6.45) is 1.43. The molecule has 1 aromatic heterocycles. The highest BCUT2D eigenvalue weighted by atomic mass is 35.5. The Kier molecular flexibility index (Phi) is 4.83. The molecule has 124 valence electrons. The van der Waals surface area contributed by atoms with E-state index in [4.69, 9.17) is 16.7 Å². The molecule has 0 saturated heterocycles. The normalized spacial score (nSPS) is 11.0. The third-order valence-electron chi connectivity index (χ3n) is 3.88. The Hall–Kier alpha value is -2.37. The SMILES string of the molecule is CNc1nc(=O)n(-c2cccc(CCCO)c2)c2cc(Cl)ccc12. The molecule has 0 fully saturated rings. The summed E-state index contributed by atoms with van der Waals surface area (Å²) in [5.74, 6) is 0.527. The standard InChI is InChI=1S/C18H18ClN3O2/c1-20-17-15-8-7-13(19)11-16(15)22(18(24)21-17)14-6-2-4-12(10-14)5-3-9-23/h2,4,6-8,10-11,23H,3,5,9H2,1H3,(H,20,21,24). The molecule has 0 unspecified atom stereocenters. The van der Waals surface area contributed by atoms with Crippen LogP contribution in [-0.4, -0.2) is 28.3 Å². The van der Waals surface area contributed by atoms with Gasteiger partial charge in [-0.1, -0.05) is 23.7 Å². The van der Waals surface area contributed by atoms with Crippen LogP contribution in [0.4, 0.5) is 5.82 Å². The lowest BCUT2D eigenvalue weighted by Gasteiger charge is -2.13. The maximum atomic E-state index is 12.6. The van der Waals surface area contributed by atoms with Crippen LogP contribution < -0.4 is 11.0 Å². The molecule has 6 heteroatoms. The lowest BCUT2D eigenvalue weighted by molar-refractivity contribution is 0.288. The van der Waals surface area contributed by atoms with E-state index in [-0.39, 0.29) is 12.3 Å². The molecule has 24 heavy (non-hydrogen) atoms. The second kappa shape index (κ2) is 7.03. The molecular weight excluding hydrogens is 326 g/mol. The predicted octanol–water partition coefficient (Wildman–Crippen LogP) is 3.01. The average molecular weight is 344 g/mol. The fourth-order valence-corrected chi connectivity index (χ4v) is 2.94. The van der Waals surface area contributed by atoms with Crippen LogP contribution in [0.5, 0.6) is 0 Å². The second-order valence-corrected chi connectivity index (χ2v) is 5.92. The van der Waals surface area contributed by atoms with E-state index in [0.29, 0.717) is 22.8 Å². The van der Waals surface area contributed by atoms with Gasteiger partial charge in [0.25, 0.3) is 0 Å². The predicted molar refractivity (Wildman–Crippen MR) is 97.3 cm³/mol. The van der Waals surface area contributed by atoms with Gasteiger partial charge in [-0.15, -0.1) is 0 Å². The number of aryl methyl sites for hydroxylation is 1. The van der Waals surface area contributed by atoms with Crippen molar-refractivity contribution in [2.24, 2.45) is 0 Å². The summed E-state index contributed by atoms with van der Waals surface area (Å²) in [6.45, 7) is 0.140. The third-order valence-corrected chi connectivity index (χ3v) is 4.12. The minimum atomic E-state index is -0.367. The Labute approximate surface area is 144 Å². The summed E-state index contributed by atoms with van der Waals surface area (Å²) in [5.41, 5.74) is 2.12. The molecule has 2 N–H and O–H groups in total. The van der Waals surface area contributed by atoms with Gasteiger partial charge >= 0.3 is 5.69 Å². The van der Waals surface area contributed by atoms with Crippen molar-refractivity contribution in [3.63, 3.8) is 0 Å². The van der Waals surface area contributed by atoms with Crippen LogP contribution >= 0.6 is 11.6 Å². The minimum Gasteiger partial charge on any atom is -0.396 e. The van der Waals surface area contributed by atoms with Crippen LogP contribution in [0.2, 0.25) is 5.02 Å². The molecule has 3 aromatic rings. The van der Waals surface area contributed by atoms with Crippen molar-refractivity contribution in [3.8, 4) is 5.69 Å². The Bertz CT molecular complexity index is 937. The Balaban J connectivity index is 2.24. The average Bonchev–Trinajstić information content (AvgIpc) is 2.59. The molecule has 0 spiro atoms. The minimum absolute atomic E-state index is 0.140. The quantitative estimate of drug-likeness (QED) is 0.747. The van der Waals surface area contributed by atoms with E-state index in [2.05, 4.69) is 10.3 Å². The molecule has 0 atom stereocenters. The van der Waals surface area contributed by atoms with Crippen molar-refractivity contribution < 1.29 is 5.11 Å². The molecule has 0 radical (unpaired) electrons. The number of nitrogens with zero attached hydrogens (tertiary/aromatic N) is 2. The zero-order valence-corrected chi connectivity index (χ0v) is 14.0. The summed E-state index contributed by atoms with van der Waals surface area (Å²) in [7, 11) is 1.73. The van der Waals surface area contributed by atoms with Gasteiger partial charge in [-0.2, -0.15) is 4.98 Å². The molecule has 0 aliphatic heterocycles. The lowest BCUT2D eigenvalue weighted by Crippen LogP contribution is -2.23. The van der Waals surface area contributed by atoms with Gasteiger partial charge in [0, 0.05) is 24.1 Å². The number of hydrogen-bond acceptors (Lipinski definition) is 4. The Morgan fingerprint density at radius 1 is 1.25 bits per heavy atom. The highest BCUT2D eigenvalue weighted by Gasteiger charge is 2.12. The van der Waals surface area contributed by atoms with Gasteiger partial charge in [0.2, 0.25) is 0 Å². The second-order valence-electron chi connectivity index (χ2n) is 5.49. The number of aromatic nitrogens is 2. The first-order valence-electron chi connectivity index (χ1n) is 7.74. The summed E-state index contributed by atoms with van der Waals surface area (Å²) < 4.78 is 1.56. The van der Waals surface area contributed by atoms with E-state index in [1.165, 1.54) is 0 Å². The zero-order valence-electron chi connectivity index (χ0n) is 13.3. The molecule has 3 rings (SSSR count). The molecule has 0 amide bonds. The van der Waals surface area contributed by atoms with Crippen molar-refractivity contribution in [2.75, 3.05) is 19.0 Å². The highest BCUT2D eigenvalue weighted by molar-refractivity contribution is 6.31. The van der Waals surface area contributed by atoms with Crippen LogP contribution in [-0.2, 0) is 6.42 Å². The molecule has 0 saturated carbocycles. The summed E-state index contributed by atoms with van der Waals surface area (Å²) >= 11 is 6.14. The number of anilines is 1. The van der Waals surface area contributed by atoms with Gasteiger partial charge in [-0.25, -0.2) is 4.79 Å². The van der Waals surface area contributed by atoms with Crippen molar-refractivity contribution >= 4 is 28.3 Å². The lowest BCUT2D eigenvalue weighted by atomic mass is 10.1. The summed E-state index contributed by atoms with van der Waals surface area (Å²) in [4.78, 5) is 16.7. The van der Waals surface area contributed by atoms with E-state index in [1.807, 2.05) is 30.3 Å². The van der Waals surface area contributed by atoms with Crippen LogP contribution in [0.15, 0.2) is 47.3 Å². The maximum absolute atomic E-state index is 12.6. The van der Waals surface area contributed by atoms with E-state index in [0.717, 1.165) is 23.1 Å². The Morgan fingerprint density at radius 3 is 2.83 bits per heavy atom.